The molecule has 0 aliphatic rings. The van der Waals surface area contributed by atoms with E-state index in [1.165, 1.54) is 12.0 Å². The van der Waals surface area contributed by atoms with Gasteiger partial charge in [0.2, 0.25) is 0 Å². The monoisotopic (exact) mass is 254 g/mol. The lowest BCUT2D eigenvalue weighted by Gasteiger charge is -2.29. The molecule has 0 aliphatic carbocycles. The summed E-state index contributed by atoms with van der Waals surface area (Å²) in [6.07, 6.45) is 6.86. The Morgan fingerprint density at radius 2 is 2.18 bits per heavy atom. The smallest absolute Gasteiger partial charge is 0.0621 e. The van der Waals surface area contributed by atoms with E-state index in [0.717, 1.165) is 31.0 Å². The fourth-order valence-electron chi connectivity index (χ4n) is 1.89. The highest BCUT2D eigenvalue weighted by Crippen LogP contribution is 2.28. The molecule has 0 aromatic carbocycles. The van der Waals surface area contributed by atoms with Gasteiger partial charge in [-0.15, -0.1) is 0 Å². The summed E-state index contributed by atoms with van der Waals surface area (Å²) in [5.41, 5.74) is 1.46. The molecule has 0 fully saturated rings. The van der Waals surface area contributed by atoms with E-state index in [4.69, 9.17) is 11.6 Å². The van der Waals surface area contributed by atoms with E-state index >= 15 is 0 Å². The van der Waals surface area contributed by atoms with Gasteiger partial charge < -0.3 is 5.32 Å². The maximum Gasteiger partial charge on any atom is 0.0621 e. The van der Waals surface area contributed by atoms with E-state index in [1.807, 2.05) is 12.3 Å². The lowest BCUT2D eigenvalue weighted by atomic mass is 9.81. The summed E-state index contributed by atoms with van der Waals surface area (Å²) in [5, 5.41) is 4.29. The van der Waals surface area contributed by atoms with E-state index < -0.39 is 0 Å². The predicted octanol–water partition coefficient (Wildman–Crippen LogP) is 3.69. The van der Waals surface area contributed by atoms with Crippen LogP contribution in [0.4, 0.5) is 0 Å². The van der Waals surface area contributed by atoms with Gasteiger partial charge in [0, 0.05) is 18.9 Å². The van der Waals surface area contributed by atoms with Crippen molar-refractivity contribution >= 4 is 11.6 Å². The number of hydrogen-bond donors (Lipinski definition) is 1. The second-order valence-corrected chi connectivity index (χ2v) is 5.39. The Hall–Kier alpha value is -0.600. The minimum atomic E-state index is 0.264. The molecule has 2 nitrogen and oxygen atoms in total. The molecule has 1 N–H and O–H groups in total. The van der Waals surface area contributed by atoms with Crippen molar-refractivity contribution in [3.8, 4) is 0 Å². The van der Waals surface area contributed by atoms with Gasteiger partial charge >= 0.3 is 0 Å². The fraction of sp³-hybridized carbons (Fsp3) is 0.643. The molecule has 0 amide bonds. The van der Waals surface area contributed by atoms with Crippen LogP contribution in [0.2, 0.25) is 5.02 Å². The van der Waals surface area contributed by atoms with E-state index in [0.29, 0.717) is 0 Å². The zero-order valence-corrected chi connectivity index (χ0v) is 11.8. The lowest BCUT2D eigenvalue weighted by molar-refractivity contribution is 0.291. The number of nitrogens with one attached hydrogen (secondary N) is 1. The molecule has 1 aromatic heterocycles. The maximum atomic E-state index is 6.17. The quantitative estimate of drug-likeness (QED) is 0.751. The van der Waals surface area contributed by atoms with Crippen molar-refractivity contribution in [1.29, 1.82) is 0 Å². The molecule has 1 atom stereocenters. The number of halogens is 1. The van der Waals surface area contributed by atoms with Crippen molar-refractivity contribution in [2.24, 2.45) is 5.41 Å². The van der Waals surface area contributed by atoms with E-state index in [2.05, 4.69) is 31.1 Å². The fourth-order valence-corrected chi connectivity index (χ4v) is 2.07. The van der Waals surface area contributed by atoms with Crippen molar-refractivity contribution in [2.75, 3.05) is 13.1 Å². The summed E-state index contributed by atoms with van der Waals surface area (Å²) >= 11 is 6.17. The molecule has 0 bridgehead atoms. The van der Waals surface area contributed by atoms with Crippen LogP contribution in [0.5, 0.6) is 0 Å². The zero-order chi connectivity index (χ0) is 12.7. The average Bonchev–Trinajstić information content (AvgIpc) is 2.33. The topological polar surface area (TPSA) is 24.9 Å². The average molecular weight is 255 g/mol. The molecule has 0 radical (unpaired) electrons. The molecule has 0 saturated carbocycles. The van der Waals surface area contributed by atoms with Crippen LogP contribution in [-0.4, -0.2) is 18.1 Å². The minimum Gasteiger partial charge on any atom is -0.316 e. The summed E-state index contributed by atoms with van der Waals surface area (Å²) in [7, 11) is 0. The van der Waals surface area contributed by atoms with Gasteiger partial charge in [0.05, 0.1) is 5.02 Å². The van der Waals surface area contributed by atoms with Gasteiger partial charge in [-0.25, -0.2) is 0 Å². The third-order valence-corrected chi connectivity index (χ3v) is 3.65. The Labute approximate surface area is 110 Å². The van der Waals surface area contributed by atoms with Crippen molar-refractivity contribution in [3.63, 3.8) is 0 Å². The molecule has 0 spiro atoms. The second kappa shape index (κ2) is 6.97. The Balaban J connectivity index is 2.65. The van der Waals surface area contributed by atoms with Crippen molar-refractivity contribution in [1.82, 2.24) is 10.3 Å². The van der Waals surface area contributed by atoms with Gasteiger partial charge in [0.25, 0.3) is 0 Å². The van der Waals surface area contributed by atoms with E-state index in [9.17, 15) is 0 Å². The third kappa shape index (κ3) is 4.64. The van der Waals surface area contributed by atoms with Crippen LogP contribution >= 0.6 is 11.6 Å². The predicted molar refractivity (Wildman–Crippen MR) is 74.5 cm³/mol. The molecule has 17 heavy (non-hydrogen) atoms. The molecule has 1 unspecified atom stereocenters. The molecular weight excluding hydrogens is 232 g/mol. The summed E-state index contributed by atoms with van der Waals surface area (Å²) in [6.45, 7) is 8.86. The van der Waals surface area contributed by atoms with Crippen LogP contribution in [0.3, 0.4) is 0 Å². The number of hydrogen-bond acceptors (Lipinski definition) is 2. The van der Waals surface area contributed by atoms with Gasteiger partial charge in [-0.3, -0.25) is 4.98 Å². The first-order valence-electron chi connectivity index (χ1n) is 6.40. The Kier molecular flexibility index (Phi) is 5.93. The van der Waals surface area contributed by atoms with Crippen molar-refractivity contribution in [3.05, 3.63) is 29.0 Å². The summed E-state index contributed by atoms with van der Waals surface area (Å²) in [4.78, 5) is 4.03. The third-order valence-electron chi connectivity index (χ3n) is 3.31. The van der Waals surface area contributed by atoms with Crippen LogP contribution in [0.25, 0.3) is 0 Å². The summed E-state index contributed by atoms with van der Waals surface area (Å²) in [6, 6.07) is 2.02. The molecule has 1 aromatic rings. The number of nitrogens with zero attached hydrogens (tertiary/aromatic N) is 1. The van der Waals surface area contributed by atoms with Crippen molar-refractivity contribution in [2.45, 2.75) is 40.0 Å². The lowest BCUT2D eigenvalue weighted by Crippen LogP contribution is -2.33. The highest BCUT2D eigenvalue weighted by molar-refractivity contribution is 6.31. The zero-order valence-electron chi connectivity index (χ0n) is 11.1. The molecular formula is C14H23ClN2. The molecule has 0 saturated heterocycles. The normalized spacial score (nSPS) is 14.6. The molecule has 3 heteroatoms. The Bertz CT molecular complexity index is 341. The Morgan fingerprint density at radius 3 is 2.76 bits per heavy atom. The SMILES string of the molecule is CCCNCC(C)(CC)Cc1ccncc1Cl. The first-order chi connectivity index (χ1) is 8.11. The number of aromatic nitrogens is 1. The highest BCUT2D eigenvalue weighted by atomic mass is 35.5. The number of pyridine rings is 1. The molecule has 1 heterocycles. The molecule has 96 valence electrons. The van der Waals surface area contributed by atoms with Crippen LogP contribution < -0.4 is 5.32 Å². The van der Waals surface area contributed by atoms with Gasteiger partial charge in [-0.05, 0) is 42.9 Å². The van der Waals surface area contributed by atoms with E-state index in [1.54, 1.807) is 6.20 Å². The highest BCUT2D eigenvalue weighted by Gasteiger charge is 2.23. The summed E-state index contributed by atoms with van der Waals surface area (Å²) < 4.78 is 0. The van der Waals surface area contributed by atoms with Crippen LogP contribution in [0.15, 0.2) is 18.5 Å². The summed E-state index contributed by atoms with van der Waals surface area (Å²) in [5.74, 6) is 0. The van der Waals surface area contributed by atoms with Gasteiger partial charge in [0.1, 0.15) is 0 Å². The standard InChI is InChI=1S/C14H23ClN2/c1-4-7-17-11-14(3,5-2)9-12-6-8-16-10-13(12)15/h6,8,10,17H,4-5,7,9,11H2,1-3H3. The number of rotatable bonds is 7. The van der Waals surface area contributed by atoms with Gasteiger partial charge in [-0.2, -0.15) is 0 Å². The second-order valence-electron chi connectivity index (χ2n) is 4.98. The van der Waals surface area contributed by atoms with Crippen molar-refractivity contribution < 1.29 is 0 Å². The maximum absolute atomic E-state index is 6.17. The van der Waals surface area contributed by atoms with Crippen LogP contribution in [0.1, 0.15) is 39.2 Å². The van der Waals surface area contributed by atoms with E-state index in [-0.39, 0.29) is 5.41 Å². The largest absolute Gasteiger partial charge is 0.316 e. The van der Waals surface area contributed by atoms with Crippen LogP contribution in [-0.2, 0) is 6.42 Å². The van der Waals surface area contributed by atoms with Gasteiger partial charge in [0.15, 0.2) is 0 Å². The van der Waals surface area contributed by atoms with Crippen LogP contribution in [0, 0.1) is 5.41 Å². The molecule has 0 aliphatic heterocycles. The first kappa shape index (κ1) is 14.5. The first-order valence-corrected chi connectivity index (χ1v) is 6.78. The molecule has 1 rings (SSSR count). The minimum absolute atomic E-state index is 0.264. The Morgan fingerprint density at radius 1 is 1.41 bits per heavy atom. The van der Waals surface area contributed by atoms with Gasteiger partial charge in [-0.1, -0.05) is 32.4 Å².